The van der Waals surface area contributed by atoms with Crippen LogP contribution in [0.3, 0.4) is 0 Å². The van der Waals surface area contributed by atoms with Gasteiger partial charge in [-0.1, -0.05) is 27.2 Å². The number of carboxylic acids is 1. The van der Waals surface area contributed by atoms with Crippen LogP contribution >= 0.6 is 0 Å². The van der Waals surface area contributed by atoms with Crippen LogP contribution in [0.4, 0.5) is 0 Å². The van der Waals surface area contributed by atoms with Gasteiger partial charge in [0.2, 0.25) is 0 Å². The quantitative estimate of drug-likeness (QED) is 0.663. The number of esters is 1. The lowest BCUT2D eigenvalue weighted by molar-refractivity contribution is -0.157. The number of hydrogen-bond donors (Lipinski definition) is 1. The second-order valence-electron chi connectivity index (χ2n) is 3.75. The van der Waals surface area contributed by atoms with E-state index >= 15 is 0 Å². The van der Waals surface area contributed by atoms with E-state index in [0.717, 1.165) is 19.3 Å². The van der Waals surface area contributed by atoms with Crippen molar-refractivity contribution in [3.8, 4) is 0 Å². The standard InChI is InChI=1S/C11H20O4/c1-4-6-9(5-2)15-11(14)8(3)7-10(12)13/h8-9H,4-7H2,1-3H3,(H,12,13). The second kappa shape index (κ2) is 7.26. The maximum Gasteiger partial charge on any atom is 0.309 e. The fourth-order valence-electron chi connectivity index (χ4n) is 1.29. The summed E-state index contributed by atoms with van der Waals surface area (Å²) in [5.41, 5.74) is 0. The van der Waals surface area contributed by atoms with E-state index in [1.807, 2.05) is 13.8 Å². The Morgan fingerprint density at radius 1 is 1.33 bits per heavy atom. The van der Waals surface area contributed by atoms with E-state index in [-0.39, 0.29) is 12.5 Å². The van der Waals surface area contributed by atoms with Gasteiger partial charge >= 0.3 is 11.9 Å². The second-order valence-corrected chi connectivity index (χ2v) is 3.75. The van der Waals surface area contributed by atoms with E-state index in [4.69, 9.17) is 9.84 Å². The number of rotatable bonds is 7. The van der Waals surface area contributed by atoms with Crippen LogP contribution in [0.5, 0.6) is 0 Å². The molecular formula is C11H20O4. The van der Waals surface area contributed by atoms with Crippen LogP contribution in [0.25, 0.3) is 0 Å². The zero-order valence-electron chi connectivity index (χ0n) is 9.66. The number of hydrogen-bond acceptors (Lipinski definition) is 3. The molecule has 0 aromatic carbocycles. The summed E-state index contributed by atoms with van der Waals surface area (Å²) < 4.78 is 5.20. The summed E-state index contributed by atoms with van der Waals surface area (Å²) in [5.74, 6) is -1.94. The fourth-order valence-corrected chi connectivity index (χ4v) is 1.29. The van der Waals surface area contributed by atoms with Crippen LogP contribution in [0.2, 0.25) is 0 Å². The molecule has 2 atom stereocenters. The molecule has 88 valence electrons. The number of ether oxygens (including phenoxy) is 1. The Labute approximate surface area is 90.6 Å². The molecule has 0 aliphatic rings. The molecule has 0 heterocycles. The Bertz CT molecular complexity index is 213. The SMILES string of the molecule is CCCC(CC)OC(=O)C(C)CC(=O)O. The summed E-state index contributed by atoms with van der Waals surface area (Å²) in [7, 11) is 0. The first kappa shape index (κ1) is 13.9. The first-order chi connectivity index (χ1) is 7.01. The summed E-state index contributed by atoms with van der Waals surface area (Å²) >= 11 is 0. The summed E-state index contributed by atoms with van der Waals surface area (Å²) in [5, 5.41) is 8.52. The smallest absolute Gasteiger partial charge is 0.309 e. The lowest BCUT2D eigenvalue weighted by Gasteiger charge is -2.17. The van der Waals surface area contributed by atoms with Crippen LogP contribution in [0.15, 0.2) is 0 Å². The van der Waals surface area contributed by atoms with Crippen molar-refractivity contribution >= 4 is 11.9 Å². The van der Waals surface area contributed by atoms with Gasteiger partial charge in [0.15, 0.2) is 0 Å². The van der Waals surface area contributed by atoms with Crippen LogP contribution in [-0.2, 0) is 14.3 Å². The van der Waals surface area contributed by atoms with Crippen LogP contribution in [-0.4, -0.2) is 23.1 Å². The van der Waals surface area contributed by atoms with Crippen molar-refractivity contribution < 1.29 is 19.4 Å². The predicted molar refractivity (Wildman–Crippen MR) is 56.5 cm³/mol. The highest BCUT2D eigenvalue weighted by atomic mass is 16.5. The monoisotopic (exact) mass is 216 g/mol. The van der Waals surface area contributed by atoms with Crippen molar-refractivity contribution in [3.05, 3.63) is 0 Å². The Morgan fingerprint density at radius 2 is 1.93 bits per heavy atom. The largest absolute Gasteiger partial charge is 0.481 e. The minimum atomic E-state index is -0.969. The van der Waals surface area contributed by atoms with Crippen molar-refractivity contribution in [1.82, 2.24) is 0 Å². The van der Waals surface area contributed by atoms with Crippen molar-refractivity contribution in [2.45, 2.75) is 52.6 Å². The van der Waals surface area contributed by atoms with Gasteiger partial charge in [-0.2, -0.15) is 0 Å². The third kappa shape index (κ3) is 6.10. The molecule has 15 heavy (non-hydrogen) atoms. The van der Waals surface area contributed by atoms with Gasteiger partial charge in [-0.15, -0.1) is 0 Å². The average Bonchev–Trinajstić information content (AvgIpc) is 2.15. The van der Waals surface area contributed by atoms with E-state index in [1.165, 1.54) is 0 Å². The first-order valence-electron chi connectivity index (χ1n) is 5.43. The summed E-state index contributed by atoms with van der Waals surface area (Å²) in [6, 6.07) is 0. The molecule has 0 aliphatic carbocycles. The highest BCUT2D eigenvalue weighted by molar-refractivity contribution is 5.78. The van der Waals surface area contributed by atoms with E-state index < -0.39 is 17.9 Å². The number of aliphatic carboxylic acids is 1. The van der Waals surface area contributed by atoms with Crippen LogP contribution < -0.4 is 0 Å². The minimum Gasteiger partial charge on any atom is -0.481 e. The van der Waals surface area contributed by atoms with Crippen LogP contribution in [0, 0.1) is 5.92 Å². The van der Waals surface area contributed by atoms with Crippen molar-refractivity contribution in [3.63, 3.8) is 0 Å². The molecule has 4 nitrogen and oxygen atoms in total. The molecule has 0 amide bonds. The molecule has 0 aromatic rings. The lowest BCUT2D eigenvalue weighted by atomic mass is 10.1. The van der Waals surface area contributed by atoms with Crippen LogP contribution in [0.1, 0.15) is 46.5 Å². The van der Waals surface area contributed by atoms with Gasteiger partial charge in [0.1, 0.15) is 6.10 Å². The van der Waals surface area contributed by atoms with Crippen molar-refractivity contribution in [2.24, 2.45) is 5.92 Å². The van der Waals surface area contributed by atoms with Gasteiger partial charge in [0, 0.05) is 0 Å². The average molecular weight is 216 g/mol. The third-order valence-corrected chi connectivity index (χ3v) is 2.23. The topological polar surface area (TPSA) is 63.6 Å². The number of carbonyl (C=O) groups is 2. The molecule has 0 aliphatic heterocycles. The molecule has 0 bridgehead atoms. The molecular weight excluding hydrogens is 196 g/mol. The molecule has 0 radical (unpaired) electrons. The normalized spacial score (nSPS) is 14.3. The Kier molecular flexibility index (Phi) is 6.75. The molecule has 0 aromatic heterocycles. The highest BCUT2D eigenvalue weighted by Crippen LogP contribution is 2.11. The molecule has 2 unspecified atom stereocenters. The van der Waals surface area contributed by atoms with Gasteiger partial charge < -0.3 is 9.84 Å². The van der Waals surface area contributed by atoms with E-state index in [1.54, 1.807) is 6.92 Å². The van der Waals surface area contributed by atoms with Gasteiger partial charge in [0.25, 0.3) is 0 Å². The zero-order chi connectivity index (χ0) is 11.8. The Hall–Kier alpha value is -1.06. The Morgan fingerprint density at radius 3 is 2.33 bits per heavy atom. The summed E-state index contributed by atoms with van der Waals surface area (Å²) in [6.07, 6.45) is 2.33. The van der Waals surface area contributed by atoms with Gasteiger partial charge in [0.05, 0.1) is 12.3 Å². The predicted octanol–water partition coefficient (Wildman–Crippen LogP) is 2.22. The Balaban J connectivity index is 4.03. The van der Waals surface area contributed by atoms with Crippen molar-refractivity contribution in [2.75, 3.05) is 0 Å². The lowest BCUT2D eigenvalue weighted by Crippen LogP contribution is -2.24. The maximum atomic E-state index is 11.4. The van der Waals surface area contributed by atoms with Gasteiger partial charge in [-0.05, 0) is 12.8 Å². The highest BCUT2D eigenvalue weighted by Gasteiger charge is 2.20. The van der Waals surface area contributed by atoms with Gasteiger partial charge in [-0.3, -0.25) is 9.59 Å². The molecule has 4 heteroatoms. The number of carboxylic acid groups (broad SMARTS) is 1. The summed E-state index contributed by atoms with van der Waals surface area (Å²) in [4.78, 5) is 21.8. The number of carbonyl (C=O) groups excluding carboxylic acids is 1. The van der Waals surface area contributed by atoms with E-state index in [2.05, 4.69) is 0 Å². The van der Waals surface area contributed by atoms with E-state index in [0.29, 0.717) is 0 Å². The maximum absolute atomic E-state index is 11.4. The molecule has 0 saturated carbocycles. The zero-order valence-corrected chi connectivity index (χ0v) is 9.66. The molecule has 0 rings (SSSR count). The molecule has 0 fully saturated rings. The third-order valence-electron chi connectivity index (χ3n) is 2.23. The van der Waals surface area contributed by atoms with E-state index in [9.17, 15) is 9.59 Å². The van der Waals surface area contributed by atoms with Crippen molar-refractivity contribution in [1.29, 1.82) is 0 Å². The fraction of sp³-hybridized carbons (Fsp3) is 0.818. The first-order valence-corrected chi connectivity index (χ1v) is 5.43. The molecule has 0 spiro atoms. The van der Waals surface area contributed by atoms with Gasteiger partial charge in [-0.25, -0.2) is 0 Å². The minimum absolute atomic E-state index is 0.0706. The summed E-state index contributed by atoms with van der Waals surface area (Å²) in [6.45, 7) is 5.56. The molecule has 0 saturated heterocycles. The molecule has 1 N–H and O–H groups in total.